The zero-order valence-corrected chi connectivity index (χ0v) is 16.1. The SMILES string of the molecule is CCCN(Cc1ccsc1)S(=O)(=O)c1c(C)c(C)cc(C)c1C. The molecular weight excluding hydrogens is 326 g/mol. The average Bonchev–Trinajstić information content (AvgIpc) is 2.98. The molecule has 0 aliphatic rings. The third-order valence-corrected chi connectivity index (χ3v) is 7.16. The molecule has 0 spiro atoms. The maximum atomic E-state index is 13.3. The minimum atomic E-state index is -3.51. The fourth-order valence-corrected chi connectivity index (χ4v) is 5.57. The molecule has 1 aromatic carbocycles. The van der Waals surface area contributed by atoms with E-state index in [4.69, 9.17) is 0 Å². The predicted molar refractivity (Wildman–Crippen MR) is 97.6 cm³/mol. The molecule has 0 fully saturated rings. The third kappa shape index (κ3) is 3.67. The number of sulfonamides is 1. The van der Waals surface area contributed by atoms with Crippen molar-refractivity contribution in [1.29, 1.82) is 0 Å². The van der Waals surface area contributed by atoms with E-state index in [-0.39, 0.29) is 0 Å². The molecular formula is C18H25NO2S2. The van der Waals surface area contributed by atoms with Crippen molar-refractivity contribution in [2.45, 2.75) is 52.5 Å². The van der Waals surface area contributed by atoms with Gasteiger partial charge >= 0.3 is 0 Å². The Kier molecular flexibility index (Phi) is 5.65. The number of aryl methyl sites for hydroxylation is 2. The highest BCUT2D eigenvalue weighted by molar-refractivity contribution is 7.89. The first-order chi connectivity index (χ1) is 10.8. The van der Waals surface area contributed by atoms with Crippen LogP contribution in [0.2, 0.25) is 0 Å². The van der Waals surface area contributed by atoms with Crippen LogP contribution < -0.4 is 0 Å². The van der Waals surface area contributed by atoms with Gasteiger partial charge in [-0.1, -0.05) is 13.0 Å². The number of hydrogen-bond acceptors (Lipinski definition) is 3. The van der Waals surface area contributed by atoms with Crippen LogP contribution in [0.1, 0.15) is 41.2 Å². The maximum absolute atomic E-state index is 13.3. The molecule has 0 aliphatic carbocycles. The van der Waals surface area contributed by atoms with Crippen LogP contribution in [-0.2, 0) is 16.6 Å². The van der Waals surface area contributed by atoms with Gasteiger partial charge in [0.2, 0.25) is 10.0 Å². The van der Waals surface area contributed by atoms with Gasteiger partial charge in [0.15, 0.2) is 0 Å². The molecule has 0 N–H and O–H groups in total. The largest absolute Gasteiger partial charge is 0.243 e. The van der Waals surface area contributed by atoms with Crippen molar-refractivity contribution in [1.82, 2.24) is 4.31 Å². The number of thiophene rings is 1. The Morgan fingerprint density at radius 3 is 2.17 bits per heavy atom. The summed E-state index contributed by atoms with van der Waals surface area (Å²) in [4.78, 5) is 0.485. The Hall–Kier alpha value is -1.17. The Morgan fingerprint density at radius 2 is 1.70 bits per heavy atom. The van der Waals surface area contributed by atoms with Crippen molar-refractivity contribution in [3.05, 3.63) is 50.7 Å². The van der Waals surface area contributed by atoms with Crippen molar-refractivity contribution in [2.75, 3.05) is 6.54 Å². The lowest BCUT2D eigenvalue weighted by molar-refractivity contribution is 0.405. The number of benzene rings is 1. The van der Waals surface area contributed by atoms with Gasteiger partial charge in [-0.05, 0) is 78.8 Å². The minimum absolute atomic E-state index is 0.436. The van der Waals surface area contributed by atoms with Gasteiger partial charge < -0.3 is 0 Å². The molecule has 0 aliphatic heterocycles. The van der Waals surface area contributed by atoms with Crippen LogP contribution in [-0.4, -0.2) is 19.3 Å². The molecule has 0 unspecified atom stereocenters. The highest BCUT2D eigenvalue weighted by atomic mass is 32.2. The van der Waals surface area contributed by atoms with Crippen LogP contribution in [0, 0.1) is 27.7 Å². The number of rotatable bonds is 6. The first-order valence-electron chi connectivity index (χ1n) is 7.87. The molecule has 0 radical (unpaired) electrons. The molecule has 23 heavy (non-hydrogen) atoms. The summed E-state index contributed by atoms with van der Waals surface area (Å²) in [6.07, 6.45) is 0.798. The lowest BCUT2D eigenvalue weighted by Crippen LogP contribution is -2.32. The van der Waals surface area contributed by atoms with E-state index in [1.165, 1.54) is 0 Å². The van der Waals surface area contributed by atoms with Gasteiger partial charge in [-0.2, -0.15) is 15.6 Å². The van der Waals surface area contributed by atoms with Gasteiger partial charge in [-0.15, -0.1) is 0 Å². The second-order valence-electron chi connectivity index (χ2n) is 6.06. The van der Waals surface area contributed by atoms with Gasteiger partial charge in [0.1, 0.15) is 0 Å². The third-order valence-electron chi connectivity index (χ3n) is 4.31. The summed E-state index contributed by atoms with van der Waals surface area (Å²) < 4.78 is 28.3. The predicted octanol–water partition coefficient (Wildman–Crippen LogP) is 4.58. The summed E-state index contributed by atoms with van der Waals surface area (Å²) >= 11 is 1.60. The normalized spacial score (nSPS) is 12.1. The van der Waals surface area contributed by atoms with Gasteiger partial charge in [-0.25, -0.2) is 8.42 Å². The molecule has 126 valence electrons. The lowest BCUT2D eigenvalue weighted by atomic mass is 10.0. The summed E-state index contributed by atoms with van der Waals surface area (Å²) in [5.41, 5.74) is 4.82. The van der Waals surface area contributed by atoms with E-state index in [1.807, 2.05) is 51.4 Å². The number of nitrogens with zero attached hydrogens (tertiary/aromatic N) is 1. The topological polar surface area (TPSA) is 37.4 Å². The van der Waals surface area contributed by atoms with Crippen LogP contribution >= 0.6 is 11.3 Å². The molecule has 3 nitrogen and oxygen atoms in total. The average molecular weight is 352 g/mol. The zero-order valence-electron chi connectivity index (χ0n) is 14.5. The molecule has 0 bridgehead atoms. The van der Waals surface area contributed by atoms with E-state index in [1.54, 1.807) is 15.6 Å². The first-order valence-corrected chi connectivity index (χ1v) is 10.3. The van der Waals surface area contributed by atoms with Crippen LogP contribution in [0.4, 0.5) is 0 Å². The van der Waals surface area contributed by atoms with Crippen LogP contribution in [0.3, 0.4) is 0 Å². The minimum Gasteiger partial charge on any atom is -0.207 e. The van der Waals surface area contributed by atoms with Gasteiger partial charge in [0.05, 0.1) is 4.90 Å². The molecule has 0 saturated carbocycles. The summed E-state index contributed by atoms with van der Waals surface area (Å²) in [6.45, 7) is 10.7. The summed E-state index contributed by atoms with van der Waals surface area (Å²) in [5.74, 6) is 0. The van der Waals surface area contributed by atoms with Crippen molar-refractivity contribution in [3.8, 4) is 0 Å². The maximum Gasteiger partial charge on any atom is 0.243 e. The Bertz CT molecular complexity index is 752. The number of hydrogen-bond donors (Lipinski definition) is 0. The van der Waals surface area contributed by atoms with E-state index in [0.717, 1.165) is 34.2 Å². The second-order valence-corrected chi connectivity index (χ2v) is 8.71. The Morgan fingerprint density at radius 1 is 1.09 bits per heavy atom. The highest BCUT2D eigenvalue weighted by Crippen LogP contribution is 2.29. The quantitative estimate of drug-likeness (QED) is 0.764. The fraction of sp³-hybridized carbons (Fsp3) is 0.444. The van der Waals surface area contributed by atoms with E-state index in [9.17, 15) is 8.42 Å². The van der Waals surface area contributed by atoms with E-state index in [0.29, 0.717) is 18.0 Å². The Balaban J connectivity index is 2.54. The molecule has 1 heterocycles. The van der Waals surface area contributed by atoms with Crippen LogP contribution in [0.25, 0.3) is 0 Å². The highest BCUT2D eigenvalue weighted by Gasteiger charge is 2.28. The van der Waals surface area contributed by atoms with Crippen LogP contribution in [0.15, 0.2) is 27.8 Å². The van der Waals surface area contributed by atoms with E-state index >= 15 is 0 Å². The van der Waals surface area contributed by atoms with E-state index in [2.05, 4.69) is 6.07 Å². The monoisotopic (exact) mass is 351 g/mol. The van der Waals surface area contributed by atoms with Crippen molar-refractivity contribution in [2.24, 2.45) is 0 Å². The molecule has 2 rings (SSSR count). The first kappa shape index (κ1) is 18.2. The second kappa shape index (κ2) is 7.16. The van der Waals surface area contributed by atoms with E-state index < -0.39 is 10.0 Å². The van der Waals surface area contributed by atoms with Crippen LogP contribution in [0.5, 0.6) is 0 Å². The molecule has 0 atom stereocenters. The van der Waals surface area contributed by atoms with Gasteiger partial charge in [0, 0.05) is 13.1 Å². The summed E-state index contributed by atoms with van der Waals surface area (Å²) in [7, 11) is -3.51. The fourth-order valence-electron chi connectivity index (χ4n) is 2.82. The van der Waals surface area contributed by atoms with Crippen molar-refractivity contribution in [3.63, 3.8) is 0 Å². The summed E-state index contributed by atoms with van der Waals surface area (Å²) in [5, 5.41) is 4.00. The van der Waals surface area contributed by atoms with Crippen molar-refractivity contribution >= 4 is 21.4 Å². The van der Waals surface area contributed by atoms with Gasteiger partial charge in [0.25, 0.3) is 0 Å². The molecule has 0 saturated heterocycles. The Labute approximate surface area is 144 Å². The van der Waals surface area contributed by atoms with Gasteiger partial charge in [-0.3, -0.25) is 0 Å². The zero-order chi connectivity index (χ0) is 17.2. The molecule has 1 aromatic heterocycles. The molecule has 0 amide bonds. The standard InChI is InChI=1S/C18H25NO2S2/c1-6-8-19(11-17-7-9-22-12-17)23(20,21)18-15(4)13(2)10-14(3)16(18)5/h7,9-10,12H,6,8,11H2,1-5H3. The molecule has 5 heteroatoms. The smallest absolute Gasteiger partial charge is 0.207 e. The lowest BCUT2D eigenvalue weighted by Gasteiger charge is -2.25. The van der Waals surface area contributed by atoms with Crippen molar-refractivity contribution < 1.29 is 8.42 Å². The molecule has 2 aromatic rings. The summed E-state index contributed by atoms with van der Waals surface area (Å²) in [6, 6.07) is 4.05.